The van der Waals surface area contributed by atoms with Gasteiger partial charge in [0.25, 0.3) is 5.56 Å². The van der Waals surface area contributed by atoms with Crippen molar-refractivity contribution in [1.29, 1.82) is 0 Å². The SMILES string of the molecule is CCOC(=O)c1c(=O)[nH]c2c3c(cccc13)C(=O)c1ccccc1-2. The van der Waals surface area contributed by atoms with E-state index in [1.54, 1.807) is 43.3 Å². The Kier molecular flexibility index (Phi) is 3.09. The van der Waals surface area contributed by atoms with Gasteiger partial charge < -0.3 is 9.72 Å². The number of benzene rings is 2. The number of fused-ring (bicyclic) bond motifs is 2. The van der Waals surface area contributed by atoms with Crippen LogP contribution < -0.4 is 5.56 Å². The number of ketones is 1. The molecular weight excluding hydrogens is 306 g/mol. The van der Waals surface area contributed by atoms with Crippen LogP contribution in [0.4, 0.5) is 0 Å². The van der Waals surface area contributed by atoms with Crippen molar-refractivity contribution in [3.05, 3.63) is 69.5 Å². The molecule has 0 radical (unpaired) electrons. The van der Waals surface area contributed by atoms with Crippen LogP contribution in [0.2, 0.25) is 0 Å². The van der Waals surface area contributed by atoms with Crippen molar-refractivity contribution in [1.82, 2.24) is 4.98 Å². The smallest absolute Gasteiger partial charge is 0.344 e. The summed E-state index contributed by atoms with van der Waals surface area (Å²) < 4.78 is 5.00. The Bertz CT molecular complexity index is 1080. The lowest BCUT2D eigenvalue weighted by Crippen LogP contribution is -2.23. The molecule has 5 heteroatoms. The summed E-state index contributed by atoms with van der Waals surface area (Å²) in [5, 5.41) is 1.02. The Hall–Kier alpha value is -3.21. The maximum atomic E-state index is 12.8. The van der Waals surface area contributed by atoms with Crippen LogP contribution in [-0.2, 0) is 4.74 Å². The molecule has 5 nitrogen and oxygen atoms in total. The van der Waals surface area contributed by atoms with E-state index < -0.39 is 11.5 Å². The number of pyridine rings is 1. The molecule has 0 saturated carbocycles. The number of hydrogen-bond acceptors (Lipinski definition) is 4. The normalized spacial score (nSPS) is 12.1. The molecule has 2 aromatic carbocycles. The zero-order valence-corrected chi connectivity index (χ0v) is 12.9. The van der Waals surface area contributed by atoms with Crippen molar-refractivity contribution < 1.29 is 14.3 Å². The Labute approximate surface area is 136 Å². The minimum Gasteiger partial charge on any atom is -0.462 e. The second-order valence-electron chi connectivity index (χ2n) is 5.53. The predicted octanol–water partition coefficient (Wildman–Crippen LogP) is 2.92. The molecule has 1 aromatic heterocycles. The van der Waals surface area contributed by atoms with Crippen LogP contribution in [0.1, 0.15) is 33.2 Å². The number of rotatable bonds is 2. The first-order valence-electron chi connectivity index (χ1n) is 7.63. The molecule has 0 saturated heterocycles. The number of hydrogen-bond donors (Lipinski definition) is 1. The number of carbonyl (C=O) groups excluding carboxylic acids is 2. The van der Waals surface area contributed by atoms with Gasteiger partial charge in [0.1, 0.15) is 5.56 Å². The molecule has 3 aromatic rings. The number of ether oxygens (including phenoxy) is 1. The van der Waals surface area contributed by atoms with E-state index in [1.807, 2.05) is 6.07 Å². The summed E-state index contributed by atoms with van der Waals surface area (Å²) in [6.07, 6.45) is 0. The molecule has 4 rings (SSSR count). The topological polar surface area (TPSA) is 76.2 Å². The van der Waals surface area contributed by atoms with Gasteiger partial charge in [0.15, 0.2) is 5.78 Å². The van der Waals surface area contributed by atoms with Crippen LogP contribution in [0.25, 0.3) is 22.0 Å². The number of aromatic amines is 1. The van der Waals surface area contributed by atoms with E-state index in [1.165, 1.54) is 0 Å². The molecule has 1 aliphatic rings. The molecule has 1 N–H and O–H groups in total. The highest BCUT2D eigenvalue weighted by Crippen LogP contribution is 2.37. The molecule has 0 amide bonds. The molecule has 0 spiro atoms. The number of H-pyrrole nitrogens is 1. The average molecular weight is 319 g/mol. The van der Waals surface area contributed by atoms with Crippen molar-refractivity contribution in [2.45, 2.75) is 6.92 Å². The molecule has 1 heterocycles. The van der Waals surface area contributed by atoms with Gasteiger partial charge in [-0.2, -0.15) is 0 Å². The van der Waals surface area contributed by atoms with Gasteiger partial charge in [0, 0.05) is 27.5 Å². The molecule has 24 heavy (non-hydrogen) atoms. The fourth-order valence-electron chi connectivity index (χ4n) is 3.23. The van der Waals surface area contributed by atoms with Crippen LogP contribution >= 0.6 is 0 Å². The standard InChI is InChI=1S/C19H13NO4/c1-2-24-19(23)15-12-8-5-9-13-14(12)16(20-18(15)22)10-6-3-4-7-11(10)17(13)21/h3-9H,2H2,1H3,(H,20,22). The van der Waals surface area contributed by atoms with E-state index in [9.17, 15) is 14.4 Å². The zero-order chi connectivity index (χ0) is 16.8. The summed E-state index contributed by atoms with van der Waals surface area (Å²) in [5.41, 5.74) is 1.66. The number of nitrogens with one attached hydrogen (secondary N) is 1. The number of carbonyl (C=O) groups is 2. The van der Waals surface area contributed by atoms with Crippen LogP contribution in [-0.4, -0.2) is 23.3 Å². The molecule has 0 atom stereocenters. The molecule has 0 unspecified atom stereocenters. The van der Waals surface area contributed by atoms with Crippen molar-refractivity contribution >= 4 is 22.5 Å². The van der Waals surface area contributed by atoms with E-state index in [0.29, 0.717) is 33.2 Å². The first-order chi connectivity index (χ1) is 11.6. The predicted molar refractivity (Wildman–Crippen MR) is 89.4 cm³/mol. The van der Waals surface area contributed by atoms with Crippen LogP contribution in [0.5, 0.6) is 0 Å². The highest BCUT2D eigenvalue weighted by atomic mass is 16.5. The van der Waals surface area contributed by atoms with E-state index in [2.05, 4.69) is 4.98 Å². The Morgan fingerprint density at radius 1 is 1.00 bits per heavy atom. The lowest BCUT2D eigenvalue weighted by Gasteiger charge is -2.20. The quantitative estimate of drug-likeness (QED) is 0.576. The van der Waals surface area contributed by atoms with Gasteiger partial charge in [-0.05, 0) is 6.92 Å². The third-order valence-corrected chi connectivity index (χ3v) is 4.21. The monoisotopic (exact) mass is 319 g/mol. The minimum atomic E-state index is -0.686. The van der Waals surface area contributed by atoms with Crippen LogP contribution in [0.15, 0.2) is 47.3 Å². The van der Waals surface area contributed by atoms with E-state index >= 15 is 0 Å². The third kappa shape index (κ3) is 1.84. The maximum absolute atomic E-state index is 12.8. The van der Waals surface area contributed by atoms with Gasteiger partial charge in [-0.3, -0.25) is 9.59 Å². The molecule has 0 fully saturated rings. The molecule has 1 aliphatic carbocycles. The summed E-state index contributed by atoms with van der Waals surface area (Å²) >= 11 is 0. The summed E-state index contributed by atoms with van der Waals surface area (Å²) in [6, 6.07) is 12.2. The third-order valence-electron chi connectivity index (χ3n) is 4.21. The number of esters is 1. The van der Waals surface area contributed by atoms with Crippen LogP contribution in [0, 0.1) is 0 Å². The summed E-state index contributed by atoms with van der Waals surface area (Å²) in [6.45, 7) is 1.85. The summed E-state index contributed by atoms with van der Waals surface area (Å²) in [7, 11) is 0. The zero-order valence-electron chi connectivity index (χ0n) is 12.9. The first-order valence-corrected chi connectivity index (χ1v) is 7.63. The lowest BCUT2D eigenvalue weighted by atomic mass is 9.85. The summed E-state index contributed by atoms with van der Waals surface area (Å²) in [4.78, 5) is 40.3. The van der Waals surface area contributed by atoms with Crippen molar-refractivity contribution in [2.24, 2.45) is 0 Å². The van der Waals surface area contributed by atoms with Gasteiger partial charge in [-0.25, -0.2) is 4.79 Å². The Balaban J connectivity index is 2.17. The van der Waals surface area contributed by atoms with Gasteiger partial charge in [0.05, 0.1) is 12.3 Å². The Morgan fingerprint density at radius 2 is 1.71 bits per heavy atom. The lowest BCUT2D eigenvalue weighted by molar-refractivity contribution is 0.0526. The van der Waals surface area contributed by atoms with Gasteiger partial charge in [-0.1, -0.05) is 42.5 Å². The van der Waals surface area contributed by atoms with Crippen molar-refractivity contribution in [3.63, 3.8) is 0 Å². The van der Waals surface area contributed by atoms with Gasteiger partial charge >= 0.3 is 5.97 Å². The summed E-state index contributed by atoms with van der Waals surface area (Å²) in [5.74, 6) is -0.806. The van der Waals surface area contributed by atoms with E-state index in [0.717, 1.165) is 0 Å². The average Bonchev–Trinajstić information content (AvgIpc) is 2.59. The van der Waals surface area contributed by atoms with Gasteiger partial charge in [-0.15, -0.1) is 0 Å². The molecule has 0 aliphatic heterocycles. The molecule has 118 valence electrons. The van der Waals surface area contributed by atoms with Crippen molar-refractivity contribution in [3.8, 4) is 11.3 Å². The van der Waals surface area contributed by atoms with Crippen LogP contribution in [0.3, 0.4) is 0 Å². The van der Waals surface area contributed by atoms with Crippen molar-refractivity contribution in [2.75, 3.05) is 6.61 Å². The largest absolute Gasteiger partial charge is 0.462 e. The molecule has 0 bridgehead atoms. The second-order valence-corrected chi connectivity index (χ2v) is 5.53. The number of aromatic nitrogens is 1. The minimum absolute atomic E-state index is 0.0652. The highest BCUT2D eigenvalue weighted by molar-refractivity contribution is 6.26. The second kappa shape index (κ2) is 5.16. The molecular formula is C19H13NO4. The van der Waals surface area contributed by atoms with E-state index in [-0.39, 0.29) is 18.0 Å². The first kappa shape index (κ1) is 14.4. The van der Waals surface area contributed by atoms with Gasteiger partial charge in [0.2, 0.25) is 0 Å². The van der Waals surface area contributed by atoms with E-state index in [4.69, 9.17) is 4.74 Å². The Morgan fingerprint density at radius 3 is 2.46 bits per heavy atom. The fourth-order valence-corrected chi connectivity index (χ4v) is 3.23. The fraction of sp³-hybridized carbons (Fsp3) is 0.105. The maximum Gasteiger partial charge on any atom is 0.344 e. The highest BCUT2D eigenvalue weighted by Gasteiger charge is 2.28.